The molecule has 2 N–H and O–H groups in total. The first-order chi connectivity index (χ1) is 8.91. The predicted molar refractivity (Wildman–Crippen MR) is 86.0 cm³/mol. The summed E-state index contributed by atoms with van der Waals surface area (Å²) in [6, 6.07) is 6.02. The van der Waals surface area contributed by atoms with Gasteiger partial charge >= 0.3 is 0 Å². The molecule has 20 heavy (non-hydrogen) atoms. The molecule has 0 fully saturated rings. The lowest BCUT2D eigenvalue weighted by Gasteiger charge is -2.29. The Morgan fingerprint density at radius 1 is 1.15 bits per heavy atom. The Morgan fingerprint density at radius 3 is 2.25 bits per heavy atom. The van der Waals surface area contributed by atoms with Crippen LogP contribution < -0.4 is 15.2 Å². The van der Waals surface area contributed by atoms with Crippen LogP contribution >= 0.6 is 12.4 Å². The van der Waals surface area contributed by atoms with Gasteiger partial charge in [0.2, 0.25) is 0 Å². The molecule has 0 unspecified atom stereocenters. The Balaban J connectivity index is 0.00000361. The lowest BCUT2D eigenvalue weighted by molar-refractivity contribution is 0.209. The molecule has 4 nitrogen and oxygen atoms in total. The fourth-order valence-electron chi connectivity index (χ4n) is 2.14. The molecule has 0 atom stereocenters. The van der Waals surface area contributed by atoms with Gasteiger partial charge in [0.1, 0.15) is 0 Å². The average Bonchev–Trinajstić information content (AvgIpc) is 2.37. The second-order valence-electron chi connectivity index (χ2n) is 5.73. The van der Waals surface area contributed by atoms with E-state index in [2.05, 4.69) is 31.9 Å². The number of hydrogen-bond acceptors (Lipinski definition) is 4. The lowest BCUT2D eigenvalue weighted by Crippen LogP contribution is -2.36. The van der Waals surface area contributed by atoms with Crippen molar-refractivity contribution in [3.8, 4) is 11.5 Å². The number of nitrogens with zero attached hydrogens (tertiary/aromatic N) is 1. The van der Waals surface area contributed by atoms with Crippen LogP contribution in [0.5, 0.6) is 11.5 Å². The van der Waals surface area contributed by atoms with Crippen molar-refractivity contribution in [1.82, 2.24) is 4.90 Å². The van der Waals surface area contributed by atoms with Gasteiger partial charge in [-0.25, -0.2) is 0 Å². The monoisotopic (exact) mass is 302 g/mol. The first kappa shape index (κ1) is 19.0. The number of benzene rings is 1. The largest absolute Gasteiger partial charge is 0.493 e. The summed E-state index contributed by atoms with van der Waals surface area (Å²) in [4.78, 5) is 2.27. The van der Waals surface area contributed by atoms with E-state index in [-0.39, 0.29) is 17.8 Å². The zero-order valence-corrected chi connectivity index (χ0v) is 13.9. The van der Waals surface area contributed by atoms with E-state index in [9.17, 15) is 0 Å². The first-order valence-electron chi connectivity index (χ1n) is 6.51. The quantitative estimate of drug-likeness (QED) is 0.841. The predicted octanol–water partition coefficient (Wildman–Crippen LogP) is 2.54. The van der Waals surface area contributed by atoms with Gasteiger partial charge in [-0.2, -0.15) is 0 Å². The van der Waals surface area contributed by atoms with Gasteiger partial charge in [0, 0.05) is 13.1 Å². The molecule has 0 aliphatic heterocycles. The number of rotatable bonds is 7. The average molecular weight is 303 g/mol. The van der Waals surface area contributed by atoms with Gasteiger partial charge in [-0.05, 0) is 36.7 Å². The molecule has 0 aliphatic rings. The van der Waals surface area contributed by atoms with E-state index < -0.39 is 0 Å². The normalized spacial score (nSPS) is 11.2. The molecule has 0 spiro atoms. The lowest BCUT2D eigenvalue weighted by atomic mass is 9.93. The maximum absolute atomic E-state index is 5.77. The van der Waals surface area contributed by atoms with Crippen LogP contribution in [0.2, 0.25) is 0 Å². The minimum Gasteiger partial charge on any atom is -0.493 e. The molecule has 0 heterocycles. The van der Waals surface area contributed by atoms with Crippen molar-refractivity contribution in [3.05, 3.63) is 23.8 Å². The van der Waals surface area contributed by atoms with Crippen LogP contribution in [0, 0.1) is 5.41 Å². The van der Waals surface area contributed by atoms with E-state index in [1.165, 1.54) is 5.56 Å². The highest BCUT2D eigenvalue weighted by molar-refractivity contribution is 5.85. The summed E-state index contributed by atoms with van der Waals surface area (Å²) in [5.74, 6) is 1.53. The molecule has 0 aliphatic carbocycles. The van der Waals surface area contributed by atoms with E-state index in [1.54, 1.807) is 14.2 Å². The van der Waals surface area contributed by atoms with Gasteiger partial charge in [0.15, 0.2) is 11.5 Å². The third-order valence-electron chi connectivity index (χ3n) is 3.15. The van der Waals surface area contributed by atoms with Crippen LogP contribution in [0.4, 0.5) is 0 Å². The van der Waals surface area contributed by atoms with Crippen molar-refractivity contribution in [2.24, 2.45) is 11.1 Å². The number of ether oxygens (including phenoxy) is 2. The highest BCUT2D eigenvalue weighted by Crippen LogP contribution is 2.28. The van der Waals surface area contributed by atoms with Crippen LogP contribution in [0.3, 0.4) is 0 Å². The highest BCUT2D eigenvalue weighted by atomic mass is 35.5. The summed E-state index contributed by atoms with van der Waals surface area (Å²) >= 11 is 0. The second kappa shape index (κ2) is 8.35. The molecule has 0 bridgehead atoms. The fourth-order valence-corrected chi connectivity index (χ4v) is 2.14. The molecular formula is C15H27ClN2O2. The minimum atomic E-state index is 0. The second-order valence-corrected chi connectivity index (χ2v) is 5.73. The van der Waals surface area contributed by atoms with E-state index >= 15 is 0 Å². The van der Waals surface area contributed by atoms with Crippen LogP contribution in [0.1, 0.15) is 19.4 Å². The molecule has 0 saturated heterocycles. The molecular weight excluding hydrogens is 276 g/mol. The summed E-state index contributed by atoms with van der Waals surface area (Å²) in [5, 5.41) is 0. The van der Waals surface area contributed by atoms with E-state index in [0.717, 1.165) is 24.6 Å². The van der Waals surface area contributed by atoms with Gasteiger partial charge in [-0.15, -0.1) is 12.4 Å². The molecule has 0 saturated carbocycles. The Morgan fingerprint density at radius 2 is 1.75 bits per heavy atom. The molecule has 1 rings (SSSR count). The topological polar surface area (TPSA) is 47.7 Å². The van der Waals surface area contributed by atoms with Crippen molar-refractivity contribution < 1.29 is 9.47 Å². The van der Waals surface area contributed by atoms with Gasteiger partial charge in [-0.1, -0.05) is 19.9 Å². The number of hydrogen-bond donors (Lipinski definition) is 1. The zero-order chi connectivity index (χ0) is 14.5. The van der Waals surface area contributed by atoms with Crippen molar-refractivity contribution >= 4 is 12.4 Å². The van der Waals surface area contributed by atoms with Crippen molar-refractivity contribution in [2.75, 3.05) is 34.4 Å². The van der Waals surface area contributed by atoms with Gasteiger partial charge in [0.05, 0.1) is 14.2 Å². The van der Waals surface area contributed by atoms with Crippen LogP contribution in [-0.2, 0) is 6.54 Å². The van der Waals surface area contributed by atoms with Gasteiger partial charge in [-0.3, -0.25) is 0 Å². The molecule has 1 aromatic rings. The van der Waals surface area contributed by atoms with E-state index in [0.29, 0.717) is 6.54 Å². The summed E-state index contributed by atoms with van der Waals surface area (Å²) in [6.45, 7) is 6.86. The highest BCUT2D eigenvalue weighted by Gasteiger charge is 2.18. The van der Waals surface area contributed by atoms with Crippen LogP contribution in [0.15, 0.2) is 18.2 Å². The first-order valence-corrected chi connectivity index (χ1v) is 6.51. The summed E-state index contributed by atoms with van der Waals surface area (Å²) in [6.07, 6.45) is 0. The van der Waals surface area contributed by atoms with Gasteiger partial charge < -0.3 is 20.1 Å². The Hall–Kier alpha value is -0.970. The zero-order valence-electron chi connectivity index (χ0n) is 13.1. The summed E-state index contributed by atoms with van der Waals surface area (Å²) < 4.78 is 10.6. The maximum atomic E-state index is 5.77. The van der Waals surface area contributed by atoms with Crippen molar-refractivity contribution in [2.45, 2.75) is 20.4 Å². The third kappa shape index (κ3) is 5.57. The Labute approximate surface area is 128 Å². The smallest absolute Gasteiger partial charge is 0.161 e. The molecule has 0 radical (unpaired) electrons. The molecule has 5 heteroatoms. The molecule has 1 aromatic carbocycles. The fraction of sp³-hybridized carbons (Fsp3) is 0.600. The van der Waals surface area contributed by atoms with E-state index in [4.69, 9.17) is 15.2 Å². The number of halogens is 1. The maximum Gasteiger partial charge on any atom is 0.161 e. The summed E-state index contributed by atoms with van der Waals surface area (Å²) in [7, 11) is 5.41. The van der Waals surface area contributed by atoms with Crippen LogP contribution in [0.25, 0.3) is 0 Å². The Bertz CT molecular complexity index is 411. The molecule has 0 amide bonds. The van der Waals surface area contributed by atoms with Crippen molar-refractivity contribution in [1.29, 1.82) is 0 Å². The SMILES string of the molecule is COc1ccc(CN(C)CC(C)(C)CN)cc1OC.Cl. The number of nitrogens with two attached hydrogens (primary N) is 1. The Kier molecular flexibility index (Phi) is 7.94. The molecule has 0 aromatic heterocycles. The summed E-state index contributed by atoms with van der Waals surface area (Å²) in [5.41, 5.74) is 7.10. The van der Waals surface area contributed by atoms with Gasteiger partial charge in [0.25, 0.3) is 0 Å². The van der Waals surface area contributed by atoms with Crippen LogP contribution in [-0.4, -0.2) is 39.3 Å². The minimum absolute atomic E-state index is 0. The standard InChI is InChI=1S/C15H26N2O2.ClH/c1-15(2,10-16)11-17(3)9-12-6-7-13(18-4)14(8-12)19-5;/h6-8H,9-11,16H2,1-5H3;1H. The third-order valence-corrected chi connectivity index (χ3v) is 3.15. The van der Waals surface area contributed by atoms with E-state index in [1.807, 2.05) is 12.1 Å². The van der Waals surface area contributed by atoms with Crippen molar-refractivity contribution in [3.63, 3.8) is 0 Å². The molecule has 116 valence electrons. The number of methoxy groups -OCH3 is 2.